The molecule has 1 aliphatic heterocycles. The number of carbonyl (C=O) groups excluding carboxylic acids is 2. The second-order valence-electron chi connectivity index (χ2n) is 8.40. The first kappa shape index (κ1) is 22.8. The maximum Gasteiger partial charge on any atom is 0.407 e. The van der Waals surface area contributed by atoms with Crippen molar-refractivity contribution >= 4 is 18.0 Å². The van der Waals surface area contributed by atoms with Gasteiger partial charge in [0.2, 0.25) is 5.91 Å². The van der Waals surface area contributed by atoms with E-state index in [0.29, 0.717) is 12.8 Å². The number of alkyl carbamates (subject to hydrolysis) is 1. The van der Waals surface area contributed by atoms with Crippen LogP contribution in [0.2, 0.25) is 0 Å². The number of carboxylic acid groups (broad SMARTS) is 1. The molecule has 4 rings (SSSR count). The average Bonchev–Trinajstić information content (AvgIpc) is 3.42. The zero-order valence-corrected chi connectivity index (χ0v) is 18.5. The van der Waals surface area contributed by atoms with Gasteiger partial charge in [0, 0.05) is 12.5 Å². The second kappa shape index (κ2) is 10.0. The molecule has 0 radical (unpaired) electrons. The summed E-state index contributed by atoms with van der Waals surface area (Å²) in [6.45, 7) is 2.34. The summed E-state index contributed by atoms with van der Waals surface area (Å²) in [6, 6.07) is 15.4. The van der Waals surface area contributed by atoms with Crippen LogP contribution in [0.4, 0.5) is 4.79 Å². The Labute approximate surface area is 192 Å². The van der Waals surface area contributed by atoms with Crippen molar-refractivity contribution in [3.05, 3.63) is 59.7 Å². The van der Waals surface area contributed by atoms with Crippen LogP contribution in [0.3, 0.4) is 0 Å². The molecule has 174 valence electrons. The van der Waals surface area contributed by atoms with Crippen molar-refractivity contribution in [2.75, 3.05) is 19.8 Å². The van der Waals surface area contributed by atoms with E-state index in [0.717, 1.165) is 11.1 Å². The van der Waals surface area contributed by atoms with Crippen LogP contribution >= 0.6 is 0 Å². The SMILES string of the molecule is CC[C@H](NC(=O)[C@@H]1CO[C@H](CNC(=O)OCC2c3ccccc3-c3ccccc32)C1)C(=O)O. The number of amides is 2. The van der Waals surface area contributed by atoms with Crippen molar-refractivity contribution < 1.29 is 29.0 Å². The number of benzene rings is 2. The van der Waals surface area contributed by atoms with Crippen LogP contribution in [0.1, 0.15) is 36.8 Å². The van der Waals surface area contributed by atoms with Crippen molar-refractivity contribution in [1.82, 2.24) is 10.6 Å². The number of carbonyl (C=O) groups is 3. The van der Waals surface area contributed by atoms with Gasteiger partial charge in [-0.15, -0.1) is 0 Å². The monoisotopic (exact) mass is 452 g/mol. The maximum atomic E-state index is 12.3. The molecule has 2 aromatic rings. The number of hydrogen-bond donors (Lipinski definition) is 3. The Morgan fingerprint density at radius 3 is 2.33 bits per heavy atom. The van der Waals surface area contributed by atoms with E-state index >= 15 is 0 Å². The Kier molecular flexibility index (Phi) is 6.93. The molecule has 33 heavy (non-hydrogen) atoms. The van der Waals surface area contributed by atoms with Crippen LogP contribution in [0.15, 0.2) is 48.5 Å². The number of hydrogen-bond acceptors (Lipinski definition) is 5. The van der Waals surface area contributed by atoms with Gasteiger partial charge < -0.3 is 25.2 Å². The van der Waals surface area contributed by atoms with E-state index in [9.17, 15) is 14.4 Å². The lowest BCUT2D eigenvalue weighted by Gasteiger charge is -2.16. The van der Waals surface area contributed by atoms with Gasteiger partial charge in [-0.1, -0.05) is 55.5 Å². The number of nitrogens with one attached hydrogen (secondary N) is 2. The van der Waals surface area contributed by atoms with Crippen molar-refractivity contribution in [1.29, 1.82) is 0 Å². The molecular formula is C25H28N2O6. The van der Waals surface area contributed by atoms with Crippen molar-refractivity contribution in [2.24, 2.45) is 5.92 Å². The summed E-state index contributed by atoms with van der Waals surface area (Å²) in [5, 5.41) is 14.3. The molecule has 2 aliphatic rings. The summed E-state index contributed by atoms with van der Waals surface area (Å²) in [5.41, 5.74) is 4.62. The molecule has 3 atom stereocenters. The summed E-state index contributed by atoms with van der Waals surface area (Å²) in [7, 11) is 0. The standard InChI is InChI=1S/C25H28N2O6/c1-2-22(24(29)30)27-23(28)15-11-16(32-13-15)12-26-25(31)33-14-21-19-9-5-3-7-17(19)18-8-4-6-10-20(18)21/h3-10,15-16,21-22H,2,11-14H2,1H3,(H,26,31)(H,27,28)(H,29,30)/t15-,16-,22-/m0/s1. The highest BCUT2D eigenvalue weighted by Gasteiger charge is 2.33. The van der Waals surface area contributed by atoms with E-state index in [1.54, 1.807) is 6.92 Å². The van der Waals surface area contributed by atoms with Gasteiger partial charge >= 0.3 is 12.1 Å². The van der Waals surface area contributed by atoms with Gasteiger partial charge in [0.15, 0.2) is 0 Å². The number of fused-ring (bicyclic) bond motifs is 3. The molecule has 0 bridgehead atoms. The predicted molar refractivity (Wildman–Crippen MR) is 121 cm³/mol. The van der Waals surface area contributed by atoms with Gasteiger partial charge in [0.05, 0.1) is 18.6 Å². The Balaban J connectivity index is 1.25. The highest BCUT2D eigenvalue weighted by atomic mass is 16.5. The van der Waals surface area contributed by atoms with Crippen molar-refractivity contribution in [3.63, 3.8) is 0 Å². The van der Waals surface area contributed by atoms with Gasteiger partial charge in [0.1, 0.15) is 12.6 Å². The second-order valence-corrected chi connectivity index (χ2v) is 8.40. The van der Waals surface area contributed by atoms with Gasteiger partial charge in [-0.3, -0.25) is 4.79 Å². The molecule has 3 N–H and O–H groups in total. The molecule has 1 heterocycles. The molecule has 0 spiro atoms. The number of aliphatic carboxylic acids is 1. The van der Waals surface area contributed by atoms with Crippen molar-refractivity contribution in [2.45, 2.75) is 37.8 Å². The number of ether oxygens (including phenoxy) is 2. The minimum absolute atomic E-state index is 0.0142. The topological polar surface area (TPSA) is 114 Å². The highest BCUT2D eigenvalue weighted by molar-refractivity contribution is 5.85. The average molecular weight is 453 g/mol. The molecule has 1 fully saturated rings. The van der Waals surface area contributed by atoms with Gasteiger partial charge in [-0.05, 0) is 35.1 Å². The largest absolute Gasteiger partial charge is 0.480 e. The predicted octanol–water partition coefficient (Wildman–Crippen LogP) is 2.91. The summed E-state index contributed by atoms with van der Waals surface area (Å²) >= 11 is 0. The third-order valence-corrected chi connectivity index (χ3v) is 6.29. The first-order valence-corrected chi connectivity index (χ1v) is 11.2. The van der Waals surface area contributed by atoms with E-state index in [4.69, 9.17) is 14.6 Å². The lowest BCUT2D eigenvalue weighted by Crippen LogP contribution is -2.43. The zero-order chi connectivity index (χ0) is 23.4. The van der Waals surface area contributed by atoms with Crippen LogP contribution in [0, 0.1) is 5.92 Å². The zero-order valence-electron chi connectivity index (χ0n) is 18.5. The summed E-state index contributed by atoms with van der Waals surface area (Å²) in [5.74, 6) is -1.85. The fraction of sp³-hybridized carbons (Fsp3) is 0.400. The third kappa shape index (κ3) is 5.01. The molecule has 2 amide bonds. The van der Waals surface area contributed by atoms with E-state index in [2.05, 4.69) is 34.9 Å². The third-order valence-electron chi connectivity index (χ3n) is 6.29. The minimum atomic E-state index is -1.06. The molecule has 8 nitrogen and oxygen atoms in total. The van der Waals surface area contributed by atoms with Gasteiger partial charge in [-0.25, -0.2) is 9.59 Å². The van der Waals surface area contributed by atoms with Crippen LogP contribution in [-0.4, -0.2) is 55.0 Å². The van der Waals surface area contributed by atoms with Crippen LogP contribution < -0.4 is 10.6 Å². The molecular weight excluding hydrogens is 424 g/mol. The van der Waals surface area contributed by atoms with E-state index < -0.39 is 24.0 Å². The lowest BCUT2D eigenvalue weighted by atomic mass is 9.98. The Morgan fingerprint density at radius 1 is 1.09 bits per heavy atom. The van der Waals surface area contributed by atoms with Gasteiger partial charge in [-0.2, -0.15) is 0 Å². The fourth-order valence-electron chi connectivity index (χ4n) is 4.51. The summed E-state index contributed by atoms with van der Waals surface area (Å²) in [6.07, 6.45) is -0.149. The molecule has 0 saturated carbocycles. The maximum absolute atomic E-state index is 12.3. The van der Waals surface area contributed by atoms with Crippen LogP contribution in [0.5, 0.6) is 0 Å². The fourth-order valence-corrected chi connectivity index (χ4v) is 4.51. The molecule has 1 aliphatic carbocycles. The number of rotatable bonds is 8. The van der Waals surface area contributed by atoms with Crippen LogP contribution in [-0.2, 0) is 19.1 Å². The molecule has 1 saturated heterocycles. The van der Waals surface area contributed by atoms with Crippen molar-refractivity contribution in [3.8, 4) is 11.1 Å². The first-order chi connectivity index (χ1) is 16.0. The van der Waals surface area contributed by atoms with E-state index in [1.807, 2.05) is 24.3 Å². The molecule has 2 aromatic carbocycles. The Morgan fingerprint density at radius 2 is 1.73 bits per heavy atom. The molecule has 8 heteroatoms. The van der Waals surface area contributed by atoms with Gasteiger partial charge in [0.25, 0.3) is 0 Å². The first-order valence-electron chi connectivity index (χ1n) is 11.2. The molecule has 0 unspecified atom stereocenters. The lowest BCUT2D eigenvalue weighted by molar-refractivity contribution is -0.142. The Bertz CT molecular complexity index is 994. The quantitative estimate of drug-likeness (QED) is 0.568. The molecule has 0 aromatic heterocycles. The summed E-state index contributed by atoms with van der Waals surface area (Å²) < 4.78 is 11.1. The normalized spacial score (nSPS) is 19.9. The van der Waals surface area contributed by atoms with E-state index in [-0.39, 0.29) is 37.7 Å². The minimum Gasteiger partial charge on any atom is -0.480 e. The van der Waals surface area contributed by atoms with E-state index in [1.165, 1.54) is 11.1 Å². The summed E-state index contributed by atoms with van der Waals surface area (Å²) in [4.78, 5) is 35.7. The van der Waals surface area contributed by atoms with Crippen LogP contribution in [0.25, 0.3) is 11.1 Å². The Hall–Kier alpha value is -3.39. The number of carboxylic acids is 1. The smallest absolute Gasteiger partial charge is 0.407 e. The highest BCUT2D eigenvalue weighted by Crippen LogP contribution is 2.44.